The molecular formula is C13H24N4. The first-order valence-electron chi connectivity index (χ1n) is 6.64. The number of aromatic nitrogens is 2. The number of likely N-dealkylation sites (tertiary alicyclic amines) is 1. The van der Waals surface area contributed by atoms with E-state index in [1.165, 1.54) is 30.6 Å². The smallest absolute Gasteiger partial charge is 0.0649 e. The molecule has 1 aromatic rings. The van der Waals surface area contributed by atoms with E-state index in [1.54, 1.807) is 0 Å². The summed E-state index contributed by atoms with van der Waals surface area (Å²) in [6, 6.07) is 0.530. The lowest BCUT2D eigenvalue weighted by Crippen LogP contribution is -2.37. The van der Waals surface area contributed by atoms with E-state index >= 15 is 0 Å². The molecule has 96 valence electrons. The first-order valence-corrected chi connectivity index (χ1v) is 6.64. The Morgan fingerprint density at radius 2 is 2.18 bits per heavy atom. The number of nitrogens with two attached hydrogens (primary N) is 1. The third kappa shape index (κ3) is 2.38. The van der Waals surface area contributed by atoms with Gasteiger partial charge in [-0.15, -0.1) is 0 Å². The normalized spacial score (nSPS) is 22.0. The molecule has 0 spiro atoms. The molecule has 0 amide bonds. The van der Waals surface area contributed by atoms with Gasteiger partial charge in [-0.1, -0.05) is 6.92 Å². The minimum absolute atomic E-state index is 0.530. The van der Waals surface area contributed by atoms with Gasteiger partial charge in [-0.25, -0.2) is 0 Å². The molecule has 1 atom stereocenters. The molecule has 0 bridgehead atoms. The second kappa shape index (κ2) is 5.19. The first-order chi connectivity index (χ1) is 8.17. The van der Waals surface area contributed by atoms with Crippen molar-refractivity contribution in [2.75, 3.05) is 19.6 Å². The number of hydrogen-bond acceptors (Lipinski definition) is 3. The lowest BCUT2D eigenvalue weighted by Gasteiger charge is -2.32. The van der Waals surface area contributed by atoms with E-state index in [2.05, 4.69) is 35.5 Å². The second-order valence-corrected chi connectivity index (χ2v) is 4.99. The Bertz CT molecular complexity index is 383. The number of hydrogen-bond donors (Lipinski definition) is 1. The monoisotopic (exact) mass is 236 g/mol. The van der Waals surface area contributed by atoms with Gasteiger partial charge in [0.25, 0.3) is 0 Å². The van der Waals surface area contributed by atoms with Crippen LogP contribution in [0.25, 0.3) is 0 Å². The van der Waals surface area contributed by atoms with Gasteiger partial charge >= 0.3 is 0 Å². The Morgan fingerprint density at radius 3 is 2.76 bits per heavy atom. The fraction of sp³-hybridized carbons (Fsp3) is 0.769. The van der Waals surface area contributed by atoms with Gasteiger partial charge in [0, 0.05) is 24.3 Å². The molecule has 17 heavy (non-hydrogen) atoms. The molecule has 1 aliphatic heterocycles. The van der Waals surface area contributed by atoms with Crippen LogP contribution in [-0.4, -0.2) is 34.3 Å². The molecule has 1 saturated heterocycles. The van der Waals surface area contributed by atoms with Crippen molar-refractivity contribution in [3.63, 3.8) is 0 Å². The van der Waals surface area contributed by atoms with Crippen LogP contribution in [0.3, 0.4) is 0 Å². The zero-order chi connectivity index (χ0) is 12.4. The average Bonchev–Trinajstić information content (AvgIpc) is 2.64. The number of aryl methyl sites for hydroxylation is 1. The third-order valence-electron chi connectivity index (χ3n) is 3.95. The quantitative estimate of drug-likeness (QED) is 0.867. The highest BCUT2D eigenvalue weighted by atomic mass is 15.3. The summed E-state index contributed by atoms with van der Waals surface area (Å²) in [6.45, 7) is 10.5. The maximum atomic E-state index is 5.78. The van der Waals surface area contributed by atoms with Gasteiger partial charge in [-0.2, -0.15) is 5.10 Å². The van der Waals surface area contributed by atoms with E-state index in [0.717, 1.165) is 18.8 Å². The van der Waals surface area contributed by atoms with Crippen LogP contribution in [0.5, 0.6) is 0 Å². The van der Waals surface area contributed by atoms with E-state index in [0.29, 0.717) is 12.6 Å². The molecule has 4 nitrogen and oxygen atoms in total. The van der Waals surface area contributed by atoms with Crippen molar-refractivity contribution in [1.29, 1.82) is 0 Å². The highest BCUT2D eigenvalue weighted by Gasteiger charge is 2.23. The summed E-state index contributed by atoms with van der Waals surface area (Å²) in [5, 5.41) is 4.68. The van der Waals surface area contributed by atoms with E-state index in [1.807, 2.05) is 0 Å². The summed E-state index contributed by atoms with van der Waals surface area (Å²) in [6.07, 6.45) is 2.51. The van der Waals surface area contributed by atoms with E-state index < -0.39 is 0 Å². The Kier molecular flexibility index (Phi) is 3.84. The predicted octanol–water partition coefficient (Wildman–Crippen LogP) is 1.62. The van der Waals surface area contributed by atoms with Gasteiger partial charge < -0.3 is 10.6 Å². The molecule has 1 aliphatic rings. The van der Waals surface area contributed by atoms with Crippen molar-refractivity contribution in [3.05, 3.63) is 17.0 Å². The molecule has 0 saturated carbocycles. The Hall–Kier alpha value is -0.870. The molecule has 2 heterocycles. The Labute approximate surface area is 104 Å². The lowest BCUT2D eigenvalue weighted by molar-refractivity contribution is 0.175. The van der Waals surface area contributed by atoms with Crippen molar-refractivity contribution in [2.24, 2.45) is 5.73 Å². The summed E-state index contributed by atoms with van der Waals surface area (Å²) in [4.78, 5) is 2.51. The largest absolute Gasteiger partial charge is 0.326 e. The van der Waals surface area contributed by atoms with Crippen LogP contribution in [0.15, 0.2) is 0 Å². The SMILES string of the molecule is CCN1CCCC(n2nc(C)c(CN)c2C)C1. The van der Waals surface area contributed by atoms with Crippen molar-refractivity contribution >= 4 is 0 Å². The maximum absolute atomic E-state index is 5.78. The molecule has 1 aromatic heterocycles. The molecule has 4 heteroatoms. The third-order valence-corrected chi connectivity index (χ3v) is 3.95. The van der Waals surface area contributed by atoms with Crippen LogP contribution in [-0.2, 0) is 6.54 Å². The van der Waals surface area contributed by atoms with Crippen LogP contribution < -0.4 is 5.73 Å². The molecule has 2 N–H and O–H groups in total. The molecular weight excluding hydrogens is 212 g/mol. The van der Waals surface area contributed by atoms with Crippen molar-refractivity contribution in [3.8, 4) is 0 Å². The maximum Gasteiger partial charge on any atom is 0.0649 e. The first kappa shape index (κ1) is 12.6. The second-order valence-electron chi connectivity index (χ2n) is 4.99. The minimum Gasteiger partial charge on any atom is -0.326 e. The fourth-order valence-corrected chi connectivity index (χ4v) is 2.87. The van der Waals surface area contributed by atoms with Crippen molar-refractivity contribution in [2.45, 2.75) is 46.2 Å². The zero-order valence-corrected chi connectivity index (χ0v) is 11.2. The van der Waals surface area contributed by atoms with Gasteiger partial charge in [-0.05, 0) is 39.8 Å². The van der Waals surface area contributed by atoms with Crippen LogP contribution in [0.4, 0.5) is 0 Å². The van der Waals surface area contributed by atoms with Crippen LogP contribution in [0, 0.1) is 13.8 Å². The summed E-state index contributed by atoms with van der Waals surface area (Å²) in [7, 11) is 0. The molecule has 1 unspecified atom stereocenters. The highest BCUT2D eigenvalue weighted by Crippen LogP contribution is 2.24. The molecule has 1 fully saturated rings. The van der Waals surface area contributed by atoms with Gasteiger partial charge in [0.2, 0.25) is 0 Å². The minimum atomic E-state index is 0.530. The fourth-order valence-electron chi connectivity index (χ4n) is 2.87. The number of likely N-dealkylation sites (N-methyl/N-ethyl adjacent to an activating group) is 1. The van der Waals surface area contributed by atoms with Gasteiger partial charge in [-0.3, -0.25) is 4.68 Å². The van der Waals surface area contributed by atoms with Crippen molar-refractivity contribution < 1.29 is 0 Å². The summed E-state index contributed by atoms with van der Waals surface area (Å²) in [5.41, 5.74) is 9.36. The standard InChI is InChI=1S/C13H24N4/c1-4-16-7-5-6-12(9-16)17-11(3)13(8-14)10(2)15-17/h12H,4-9,14H2,1-3H3. The predicted molar refractivity (Wildman–Crippen MR) is 70.0 cm³/mol. The highest BCUT2D eigenvalue weighted by molar-refractivity contribution is 5.24. The summed E-state index contributed by atoms with van der Waals surface area (Å²) < 4.78 is 2.21. The van der Waals surface area contributed by atoms with E-state index in [9.17, 15) is 0 Å². The Balaban J connectivity index is 2.22. The zero-order valence-electron chi connectivity index (χ0n) is 11.2. The molecule has 0 aliphatic carbocycles. The molecule has 2 rings (SSSR count). The number of rotatable bonds is 3. The van der Waals surface area contributed by atoms with Crippen molar-refractivity contribution in [1.82, 2.24) is 14.7 Å². The van der Waals surface area contributed by atoms with E-state index in [4.69, 9.17) is 5.73 Å². The van der Waals surface area contributed by atoms with Gasteiger partial charge in [0.1, 0.15) is 0 Å². The Morgan fingerprint density at radius 1 is 1.41 bits per heavy atom. The topological polar surface area (TPSA) is 47.1 Å². The lowest BCUT2D eigenvalue weighted by atomic mass is 10.1. The summed E-state index contributed by atoms with van der Waals surface area (Å²) >= 11 is 0. The van der Waals surface area contributed by atoms with Gasteiger partial charge in [0.05, 0.1) is 11.7 Å². The van der Waals surface area contributed by atoms with Crippen LogP contribution in [0.1, 0.15) is 42.8 Å². The molecule has 0 radical (unpaired) electrons. The van der Waals surface area contributed by atoms with E-state index in [-0.39, 0.29) is 0 Å². The van der Waals surface area contributed by atoms with Crippen LogP contribution in [0.2, 0.25) is 0 Å². The number of piperidine rings is 1. The molecule has 0 aromatic carbocycles. The van der Waals surface area contributed by atoms with Gasteiger partial charge in [0.15, 0.2) is 0 Å². The van der Waals surface area contributed by atoms with Crippen LogP contribution >= 0.6 is 0 Å². The number of nitrogens with zero attached hydrogens (tertiary/aromatic N) is 3. The average molecular weight is 236 g/mol. The summed E-state index contributed by atoms with van der Waals surface area (Å²) in [5.74, 6) is 0.